The van der Waals surface area contributed by atoms with Crippen molar-refractivity contribution in [2.45, 2.75) is 25.6 Å². The summed E-state index contributed by atoms with van der Waals surface area (Å²) in [7, 11) is 0. The third-order valence-electron chi connectivity index (χ3n) is 3.46. The summed E-state index contributed by atoms with van der Waals surface area (Å²) < 4.78 is 12.9. The first kappa shape index (κ1) is 16.1. The molecule has 0 aliphatic rings. The van der Waals surface area contributed by atoms with E-state index in [0.717, 1.165) is 5.56 Å². The number of aliphatic hydroxyl groups excluding tert-OH is 1. The molecule has 0 amide bonds. The molecule has 5 nitrogen and oxygen atoms in total. The number of nitrogens with zero attached hydrogens (tertiary/aromatic N) is 1. The molecular formula is C16H17FN2O3. The monoisotopic (exact) mass is 304 g/mol. The van der Waals surface area contributed by atoms with Crippen LogP contribution in [0.5, 0.6) is 0 Å². The van der Waals surface area contributed by atoms with Crippen molar-refractivity contribution in [3.05, 3.63) is 75.6 Å². The Bertz CT molecular complexity index is 629. The number of benzene rings is 2. The first-order chi connectivity index (χ1) is 10.5. The topological polar surface area (TPSA) is 75.4 Å². The lowest BCUT2D eigenvalue weighted by atomic mass is 10.0. The maximum absolute atomic E-state index is 12.9. The van der Waals surface area contributed by atoms with E-state index in [1.165, 1.54) is 24.3 Å². The summed E-state index contributed by atoms with van der Waals surface area (Å²) >= 11 is 0. The zero-order valence-corrected chi connectivity index (χ0v) is 12.1. The van der Waals surface area contributed by atoms with Gasteiger partial charge in [0, 0.05) is 24.7 Å². The Morgan fingerprint density at radius 2 is 1.77 bits per heavy atom. The van der Waals surface area contributed by atoms with Gasteiger partial charge in [-0.05, 0) is 30.2 Å². The zero-order chi connectivity index (χ0) is 16.1. The van der Waals surface area contributed by atoms with Crippen molar-refractivity contribution in [1.29, 1.82) is 0 Å². The lowest BCUT2D eigenvalue weighted by molar-refractivity contribution is -0.384. The fourth-order valence-corrected chi connectivity index (χ4v) is 2.07. The van der Waals surface area contributed by atoms with Crippen LogP contribution in [0.15, 0.2) is 48.5 Å². The van der Waals surface area contributed by atoms with Gasteiger partial charge in [0.2, 0.25) is 0 Å². The summed E-state index contributed by atoms with van der Waals surface area (Å²) in [5.74, 6) is -0.345. The van der Waals surface area contributed by atoms with Crippen molar-refractivity contribution in [2.75, 3.05) is 0 Å². The fraction of sp³-hybridized carbons (Fsp3) is 0.250. The number of nitro benzene ring substituents is 1. The lowest BCUT2D eigenvalue weighted by Gasteiger charge is -2.20. The maximum atomic E-state index is 12.9. The van der Waals surface area contributed by atoms with Gasteiger partial charge in [-0.3, -0.25) is 10.1 Å². The molecule has 0 aromatic heterocycles. The summed E-state index contributed by atoms with van der Waals surface area (Å²) in [6.45, 7) is 2.29. The van der Waals surface area contributed by atoms with E-state index >= 15 is 0 Å². The highest BCUT2D eigenvalue weighted by Gasteiger charge is 2.16. The molecule has 0 aliphatic heterocycles. The summed E-state index contributed by atoms with van der Waals surface area (Å²) in [5, 5.41) is 23.9. The van der Waals surface area contributed by atoms with Gasteiger partial charge in [-0.25, -0.2) is 4.39 Å². The lowest BCUT2D eigenvalue weighted by Crippen LogP contribution is -2.31. The van der Waals surface area contributed by atoms with Crippen molar-refractivity contribution in [2.24, 2.45) is 0 Å². The van der Waals surface area contributed by atoms with Gasteiger partial charge in [0.15, 0.2) is 0 Å². The van der Waals surface area contributed by atoms with Crippen LogP contribution in [0.3, 0.4) is 0 Å². The molecule has 2 atom stereocenters. The van der Waals surface area contributed by atoms with Gasteiger partial charge in [-0.15, -0.1) is 0 Å². The van der Waals surface area contributed by atoms with E-state index in [1.54, 1.807) is 24.3 Å². The van der Waals surface area contributed by atoms with E-state index in [2.05, 4.69) is 5.32 Å². The molecule has 116 valence electrons. The van der Waals surface area contributed by atoms with Crippen molar-refractivity contribution in [3.8, 4) is 0 Å². The van der Waals surface area contributed by atoms with E-state index in [1.807, 2.05) is 6.92 Å². The first-order valence-corrected chi connectivity index (χ1v) is 6.87. The third kappa shape index (κ3) is 4.09. The number of halogens is 1. The largest absolute Gasteiger partial charge is 0.387 e. The van der Waals surface area contributed by atoms with Gasteiger partial charge in [-0.2, -0.15) is 0 Å². The summed E-state index contributed by atoms with van der Waals surface area (Å²) in [4.78, 5) is 10.1. The maximum Gasteiger partial charge on any atom is 0.269 e. The van der Waals surface area contributed by atoms with Gasteiger partial charge >= 0.3 is 0 Å². The predicted octanol–water partition coefficient (Wildman–Crippen LogP) is 2.95. The highest BCUT2D eigenvalue weighted by atomic mass is 19.1. The van der Waals surface area contributed by atoms with Crippen molar-refractivity contribution >= 4 is 5.69 Å². The van der Waals surface area contributed by atoms with Crippen LogP contribution in [0.25, 0.3) is 0 Å². The Hall–Kier alpha value is -2.31. The van der Waals surface area contributed by atoms with E-state index in [9.17, 15) is 19.6 Å². The standard InChI is InChI=1S/C16H17FN2O3/c1-11(16(20)13-4-6-14(17)7-5-13)18-10-12-2-8-15(9-3-12)19(21)22/h2-9,11,16,18,20H,10H2,1H3. The average molecular weight is 304 g/mol. The third-order valence-corrected chi connectivity index (χ3v) is 3.46. The highest BCUT2D eigenvalue weighted by molar-refractivity contribution is 5.32. The average Bonchev–Trinajstić information content (AvgIpc) is 2.53. The molecule has 0 spiro atoms. The molecule has 2 rings (SSSR count). The second-order valence-electron chi connectivity index (χ2n) is 5.09. The number of hydrogen-bond acceptors (Lipinski definition) is 4. The first-order valence-electron chi connectivity index (χ1n) is 6.87. The molecular weight excluding hydrogens is 287 g/mol. The second kappa shape index (κ2) is 7.11. The SMILES string of the molecule is CC(NCc1ccc([N+](=O)[O-])cc1)C(O)c1ccc(F)cc1. The number of nitro groups is 1. The minimum atomic E-state index is -0.765. The Balaban J connectivity index is 1.92. The Morgan fingerprint density at radius 3 is 2.32 bits per heavy atom. The molecule has 0 saturated carbocycles. The molecule has 2 unspecified atom stereocenters. The molecule has 0 heterocycles. The van der Waals surface area contributed by atoms with Crippen molar-refractivity contribution in [3.63, 3.8) is 0 Å². The molecule has 22 heavy (non-hydrogen) atoms. The van der Waals surface area contributed by atoms with Gasteiger partial charge in [0.1, 0.15) is 5.82 Å². The summed E-state index contributed by atoms with van der Waals surface area (Å²) in [5.41, 5.74) is 1.55. The van der Waals surface area contributed by atoms with Crippen LogP contribution in [-0.2, 0) is 6.54 Å². The van der Waals surface area contributed by atoms with Gasteiger partial charge in [-0.1, -0.05) is 24.3 Å². The number of non-ortho nitro benzene ring substituents is 1. The van der Waals surface area contributed by atoms with Gasteiger partial charge < -0.3 is 10.4 Å². The molecule has 0 fully saturated rings. The zero-order valence-electron chi connectivity index (χ0n) is 12.1. The van der Waals surface area contributed by atoms with E-state index in [4.69, 9.17) is 0 Å². The van der Waals surface area contributed by atoms with Crippen molar-refractivity contribution < 1.29 is 14.4 Å². The van der Waals surface area contributed by atoms with Gasteiger partial charge in [0.05, 0.1) is 11.0 Å². The minimum absolute atomic E-state index is 0.0446. The quantitative estimate of drug-likeness (QED) is 0.635. The Morgan fingerprint density at radius 1 is 1.18 bits per heavy atom. The minimum Gasteiger partial charge on any atom is -0.387 e. The number of aliphatic hydroxyl groups is 1. The van der Waals surface area contributed by atoms with E-state index in [-0.39, 0.29) is 17.5 Å². The van der Waals surface area contributed by atoms with Crippen LogP contribution in [0.2, 0.25) is 0 Å². The molecule has 0 saturated heterocycles. The van der Waals surface area contributed by atoms with Crippen LogP contribution in [0.1, 0.15) is 24.2 Å². The second-order valence-corrected chi connectivity index (χ2v) is 5.09. The van der Waals surface area contributed by atoms with Crippen LogP contribution < -0.4 is 5.32 Å². The van der Waals surface area contributed by atoms with Crippen LogP contribution in [0.4, 0.5) is 10.1 Å². The Labute approximate surface area is 127 Å². The molecule has 2 aromatic rings. The molecule has 0 radical (unpaired) electrons. The number of rotatable bonds is 6. The molecule has 0 aliphatic carbocycles. The van der Waals surface area contributed by atoms with Crippen LogP contribution in [-0.4, -0.2) is 16.1 Å². The smallest absolute Gasteiger partial charge is 0.269 e. The number of nitrogens with one attached hydrogen (secondary N) is 1. The Kier molecular flexibility index (Phi) is 5.19. The fourth-order valence-electron chi connectivity index (χ4n) is 2.07. The number of hydrogen-bond donors (Lipinski definition) is 2. The highest BCUT2D eigenvalue weighted by Crippen LogP contribution is 2.18. The van der Waals surface area contributed by atoms with Crippen LogP contribution in [0, 0.1) is 15.9 Å². The molecule has 0 bridgehead atoms. The molecule has 2 aromatic carbocycles. The van der Waals surface area contributed by atoms with E-state index in [0.29, 0.717) is 12.1 Å². The molecule has 6 heteroatoms. The van der Waals surface area contributed by atoms with E-state index < -0.39 is 11.0 Å². The molecule has 2 N–H and O–H groups in total. The summed E-state index contributed by atoms with van der Waals surface area (Å²) in [6, 6.07) is 11.7. The predicted molar refractivity (Wildman–Crippen MR) is 80.8 cm³/mol. The normalized spacial score (nSPS) is 13.6. The van der Waals surface area contributed by atoms with Crippen molar-refractivity contribution in [1.82, 2.24) is 5.32 Å². The van der Waals surface area contributed by atoms with Gasteiger partial charge in [0.25, 0.3) is 5.69 Å². The van der Waals surface area contributed by atoms with Crippen LogP contribution >= 0.6 is 0 Å². The summed E-state index contributed by atoms with van der Waals surface area (Å²) in [6.07, 6.45) is -0.765.